The molecular formula is C13H19N2O9P. The molecule has 0 aromatic heterocycles. The minimum atomic E-state index is -4.64. The van der Waals surface area contributed by atoms with Crippen LogP contribution in [0.3, 0.4) is 0 Å². The van der Waals surface area contributed by atoms with Gasteiger partial charge in [0.1, 0.15) is 6.04 Å². The van der Waals surface area contributed by atoms with Gasteiger partial charge in [-0.05, 0) is 5.56 Å². The van der Waals surface area contributed by atoms with Gasteiger partial charge in [-0.2, -0.15) is 0 Å². The summed E-state index contributed by atoms with van der Waals surface area (Å²) in [6.45, 7) is 0. The molecule has 1 rings (SSSR count). The van der Waals surface area contributed by atoms with Crippen molar-refractivity contribution < 1.29 is 43.8 Å². The van der Waals surface area contributed by atoms with E-state index in [2.05, 4.69) is 5.32 Å². The number of phosphoric acid groups is 1. The van der Waals surface area contributed by atoms with Crippen LogP contribution in [0.2, 0.25) is 0 Å². The summed E-state index contributed by atoms with van der Waals surface area (Å²) in [7, 11) is -4.64. The molecular weight excluding hydrogens is 359 g/mol. The highest BCUT2D eigenvalue weighted by atomic mass is 31.2. The molecule has 0 fully saturated rings. The van der Waals surface area contributed by atoms with Crippen LogP contribution in [0.15, 0.2) is 30.3 Å². The first-order valence-corrected chi connectivity index (χ1v) is 8.29. The number of hydrogen-bond acceptors (Lipinski definition) is 5. The van der Waals surface area contributed by atoms with Gasteiger partial charge in [-0.1, -0.05) is 30.3 Å². The van der Waals surface area contributed by atoms with Gasteiger partial charge in [0.2, 0.25) is 5.91 Å². The number of hydrogen-bond donors (Lipinski definition) is 7. The molecule has 0 aliphatic rings. The number of nitrogens with one attached hydrogen (secondary N) is 1. The number of amides is 1. The summed E-state index contributed by atoms with van der Waals surface area (Å²) in [6.07, 6.45) is -0.453. The van der Waals surface area contributed by atoms with E-state index in [0.29, 0.717) is 0 Å². The zero-order valence-corrected chi connectivity index (χ0v) is 13.7. The summed E-state index contributed by atoms with van der Waals surface area (Å²) in [5, 5.41) is 19.9. The fourth-order valence-electron chi connectivity index (χ4n) is 1.61. The highest BCUT2D eigenvalue weighted by Crippen LogP contribution is 2.25. The van der Waals surface area contributed by atoms with E-state index in [1.807, 2.05) is 0 Å². The number of benzene rings is 1. The van der Waals surface area contributed by atoms with Crippen molar-refractivity contribution in [3.05, 3.63) is 35.9 Å². The standard InChI is InChI=1S/C13H16N2O5.H3O4P/c14-9(7-11(16)17)12(18)15-10(13(19)20)6-8-4-2-1-3-5-8;1-5(2,3)4/h1-5,9-10H,6-7,14H2,(H,15,18)(H,16,17)(H,19,20);(H3,1,2,3,4). The van der Waals surface area contributed by atoms with E-state index in [1.54, 1.807) is 30.3 Å². The third kappa shape index (κ3) is 12.8. The van der Waals surface area contributed by atoms with Crippen molar-refractivity contribution in [2.45, 2.75) is 24.9 Å². The van der Waals surface area contributed by atoms with E-state index < -0.39 is 44.2 Å². The van der Waals surface area contributed by atoms with Crippen LogP contribution >= 0.6 is 7.82 Å². The lowest BCUT2D eigenvalue weighted by molar-refractivity contribution is -0.142. The number of carboxylic acids is 2. The van der Waals surface area contributed by atoms with Gasteiger partial charge >= 0.3 is 19.8 Å². The zero-order chi connectivity index (χ0) is 19.6. The number of carbonyl (C=O) groups excluding carboxylic acids is 1. The molecule has 8 N–H and O–H groups in total. The summed E-state index contributed by atoms with van der Waals surface area (Å²) in [4.78, 5) is 54.7. The van der Waals surface area contributed by atoms with Crippen LogP contribution in [0.1, 0.15) is 12.0 Å². The van der Waals surface area contributed by atoms with Gasteiger partial charge < -0.3 is 35.9 Å². The topological polar surface area (TPSA) is 207 Å². The summed E-state index contributed by atoms with van der Waals surface area (Å²) >= 11 is 0. The molecule has 2 atom stereocenters. The normalized spacial score (nSPS) is 13.0. The Bertz CT molecular complexity index is 623. The van der Waals surface area contributed by atoms with E-state index in [4.69, 9.17) is 35.2 Å². The summed E-state index contributed by atoms with van der Waals surface area (Å²) in [6, 6.07) is 6.35. The Morgan fingerprint density at radius 2 is 1.56 bits per heavy atom. The van der Waals surface area contributed by atoms with Gasteiger partial charge in [0.25, 0.3) is 0 Å². The fraction of sp³-hybridized carbons (Fsp3) is 0.308. The van der Waals surface area contributed by atoms with Crippen LogP contribution in [0.25, 0.3) is 0 Å². The molecule has 0 saturated heterocycles. The minimum Gasteiger partial charge on any atom is -0.481 e. The highest BCUT2D eigenvalue weighted by Gasteiger charge is 2.24. The molecule has 0 bridgehead atoms. The molecule has 0 aliphatic heterocycles. The average molecular weight is 378 g/mol. The van der Waals surface area contributed by atoms with Gasteiger partial charge in [-0.25, -0.2) is 9.36 Å². The van der Waals surface area contributed by atoms with Gasteiger partial charge in [0.15, 0.2) is 0 Å². The van der Waals surface area contributed by atoms with Crippen LogP contribution in [-0.2, 0) is 25.4 Å². The molecule has 0 radical (unpaired) electrons. The van der Waals surface area contributed by atoms with E-state index in [9.17, 15) is 14.4 Å². The third-order valence-corrected chi connectivity index (χ3v) is 2.63. The van der Waals surface area contributed by atoms with Crippen molar-refractivity contribution >= 4 is 25.7 Å². The quantitative estimate of drug-likeness (QED) is 0.278. The first-order chi connectivity index (χ1) is 11.4. The van der Waals surface area contributed by atoms with Gasteiger partial charge in [0, 0.05) is 6.42 Å². The monoisotopic (exact) mass is 378 g/mol. The molecule has 1 aromatic carbocycles. The summed E-state index contributed by atoms with van der Waals surface area (Å²) in [5.74, 6) is -3.22. The molecule has 11 nitrogen and oxygen atoms in total. The van der Waals surface area contributed by atoms with Crippen molar-refractivity contribution in [2.24, 2.45) is 5.73 Å². The molecule has 0 aliphatic carbocycles. The first kappa shape index (κ1) is 22.7. The van der Waals surface area contributed by atoms with Crippen molar-refractivity contribution in [2.75, 3.05) is 0 Å². The number of carbonyl (C=O) groups is 3. The summed E-state index contributed by atoms with van der Waals surface area (Å²) in [5.41, 5.74) is 6.12. The van der Waals surface area contributed by atoms with Crippen molar-refractivity contribution in [3.63, 3.8) is 0 Å². The smallest absolute Gasteiger partial charge is 0.466 e. The number of aliphatic carboxylic acids is 2. The molecule has 25 heavy (non-hydrogen) atoms. The Kier molecular flexibility index (Phi) is 9.57. The van der Waals surface area contributed by atoms with Crippen LogP contribution in [0.5, 0.6) is 0 Å². The van der Waals surface area contributed by atoms with Crippen molar-refractivity contribution in [1.29, 1.82) is 0 Å². The number of nitrogens with two attached hydrogens (primary N) is 1. The van der Waals surface area contributed by atoms with E-state index in [-0.39, 0.29) is 6.42 Å². The second kappa shape index (κ2) is 10.5. The lowest BCUT2D eigenvalue weighted by atomic mass is 10.1. The Labute approximate surface area is 142 Å². The van der Waals surface area contributed by atoms with Crippen LogP contribution < -0.4 is 11.1 Å². The Morgan fingerprint density at radius 3 is 1.96 bits per heavy atom. The lowest BCUT2D eigenvalue weighted by Gasteiger charge is -2.17. The van der Waals surface area contributed by atoms with Gasteiger partial charge in [-0.15, -0.1) is 0 Å². The highest BCUT2D eigenvalue weighted by molar-refractivity contribution is 7.45. The number of carboxylic acid groups (broad SMARTS) is 2. The zero-order valence-electron chi connectivity index (χ0n) is 12.8. The second-order valence-electron chi connectivity index (χ2n) is 4.81. The molecule has 0 saturated carbocycles. The third-order valence-electron chi connectivity index (χ3n) is 2.63. The maximum absolute atomic E-state index is 11.6. The average Bonchev–Trinajstić information content (AvgIpc) is 2.45. The molecule has 1 aromatic rings. The molecule has 0 spiro atoms. The fourth-order valence-corrected chi connectivity index (χ4v) is 1.61. The van der Waals surface area contributed by atoms with Crippen LogP contribution in [0.4, 0.5) is 0 Å². The van der Waals surface area contributed by atoms with E-state index in [0.717, 1.165) is 5.56 Å². The Morgan fingerprint density at radius 1 is 1.08 bits per heavy atom. The second-order valence-corrected chi connectivity index (χ2v) is 5.83. The first-order valence-electron chi connectivity index (χ1n) is 6.73. The van der Waals surface area contributed by atoms with Gasteiger partial charge in [0.05, 0.1) is 12.5 Å². The number of rotatable bonds is 7. The Hall–Kier alpha value is -2.30. The molecule has 140 valence electrons. The predicted octanol–water partition coefficient (Wildman–Crippen LogP) is -1.33. The lowest BCUT2D eigenvalue weighted by Crippen LogP contribution is -2.49. The SMILES string of the molecule is NC(CC(=O)O)C(=O)NC(Cc1ccccc1)C(=O)O.O=P(O)(O)O. The van der Waals surface area contributed by atoms with Gasteiger partial charge in [-0.3, -0.25) is 9.59 Å². The predicted molar refractivity (Wildman–Crippen MR) is 84.2 cm³/mol. The van der Waals surface area contributed by atoms with Crippen LogP contribution in [0, 0.1) is 0 Å². The maximum atomic E-state index is 11.6. The van der Waals surface area contributed by atoms with E-state index >= 15 is 0 Å². The minimum absolute atomic E-state index is 0.0989. The molecule has 1 amide bonds. The maximum Gasteiger partial charge on any atom is 0.466 e. The van der Waals surface area contributed by atoms with Crippen LogP contribution in [-0.4, -0.2) is 54.8 Å². The largest absolute Gasteiger partial charge is 0.481 e. The van der Waals surface area contributed by atoms with E-state index in [1.165, 1.54) is 0 Å². The molecule has 2 unspecified atom stereocenters. The molecule has 12 heteroatoms. The molecule has 0 heterocycles. The van der Waals surface area contributed by atoms with Crippen molar-refractivity contribution in [1.82, 2.24) is 5.32 Å². The Balaban J connectivity index is 0.00000101. The summed E-state index contributed by atoms with van der Waals surface area (Å²) < 4.78 is 8.88. The van der Waals surface area contributed by atoms with Crippen molar-refractivity contribution in [3.8, 4) is 0 Å².